The van der Waals surface area contributed by atoms with Gasteiger partial charge in [0, 0.05) is 30.6 Å². The van der Waals surface area contributed by atoms with Crippen molar-refractivity contribution in [1.82, 2.24) is 4.90 Å². The minimum Gasteiger partial charge on any atom is -0.481 e. The molecule has 0 radical (unpaired) electrons. The third kappa shape index (κ3) is 2.80. The minimum atomic E-state index is -0.494. The fourth-order valence-corrected chi connectivity index (χ4v) is 3.19. The van der Waals surface area contributed by atoms with Gasteiger partial charge in [0.1, 0.15) is 5.75 Å². The zero-order chi connectivity index (χ0) is 14.8. The molecule has 1 heterocycles. The van der Waals surface area contributed by atoms with Crippen molar-refractivity contribution in [2.75, 3.05) is 13.1 Å². The van der Waals surface area contributed by atoms with Crippen LogP contribution >= 0.6 is 0 Å². The van der Waals surface area contributed by atoms with Gasteiger partial charge in [0.25, 0.3) is 5.91 Å². The Labute approximate surface area is 125 Å². The highest BCUT2D eigenvalue weighted by Gasteiger charge is 2.26. The Morgan fingerprint density at radius 3 is 2.71 bits per heavy atom. The van der Waals surface area contributed by atoms with Crippen LogP contribution in [0.4, 0.5) is 0 Å². The van der Waals surface area contributed by atoms with E-state index in [1.54, 1.807) is 6.92 Å². The number of nitrogens with zero attached hydrogens (tertiary/aromatic N) is 1. The third-order valence-electron chi connectivity index (χ3n) is 4.33. The first-order chi connectivity index (χ1) is 10.2. The van der Waals surface area contributed by atoms with Crippen LogP contribution in [-0.2, 0) is 11.2 Å². The van der Waals surface area contributed by atoms with Gasteiger partial charge in [-0.05, 0) is 38.7 Å². The van der Waals surface area contributed by atoms with E-state index in [0.29, 0.717) is 12.2 Å². The topological polar surface area (TPSA) is 46.6 Å². The number of hydrogen-bond donors (Lipinski definition) is 0. The molecule has 0 aromatic heterocycles. The maximum Gasteiger partial charge on any atom is 0.263 e. The zero-order valence-electron chi connectivity index (χ0n) is 12.4. The van der Waals surface area contributed by atoms with Crippen LogP contribution in [0.5, 0.6) is 5.75 Å². The van der Waals surface area contributed by atoms with E-state index in [-0.39, 0.29) is 11.7 Å². The Hall–Kier alpha value is -1.84. The summed E-state index contributed by atoms with van der Waals surface area (Å²) in [5, 5.41) is 0. The van der Waals surface area contributed by atoms with Crippen LogP contribution in [0, 0.1) is 0 Å². The predicted octanol–water partition coefficient (Wildman–Crippen LogP) is 2.60. The van der Waals surface area contributed by atoms with Crippen molar-refractivity contribution in [1.29, 1.82) is 0 Å². The van der Waals surface area contributed by atoms with Crippen molar-refractivity contribution in [2.45, 2.75) is 45.1 Å². The van der Waals surface area contributed by atoms with E-state index in [2.05, 4.69) is 0 Å². The van der Waals surface area contributed by atoms with Crippen LogP contribution < -0.4 is 4.74 Å². The van der Waals surface area contributed by atoms with Gasteiger partial charge < -0.3 is 9.64 Å². The van der Waals surface area contributed by atoms with Gasteiger partial charge in [-0.3, -0.25) is 9.59 Å². The summed E-state index contributed by atoms with van der Waals surface area (Å²) in [6, 6.07) is 5.56. The number of hydrogen-bond acceptors (Lipinski definition) is 3. The van der Waals surface area contributed by atoms with Crippen molar-refractivity contribution in [2.24, 2.45) is 0 Å². The molecular weight excluding hydrogens is 266 g/mol. The van der Waals surface area contributed by atoms with E-state index in [4.69, 9.17) is 4.74 Å². The molecule has 0 N–H and O–H groups in total. The molecule has 21 heavy (non-hydrogen) atoms. The number of fused-ring (bicyclic) bond motifs is 1. The summed E-state index contributed by atoms with van der Waals surface area (Å²) in [5.41, 5.74) is 1.73. The van der Waals surface area contributed by atoms with Crippen molar-refractivity contribution in [3.05, 3.63) is 29.3 Å². The molecule has 4 heteroatoms. The maximum absolute atomic E-state index is 12.3. The number of carbonyl (C=O) groups is 2. The number of carbonyl (C=O) groups excluding carboxylic acids is 2. The molecule has 0 spiro atoms. The fourth-order valence-electron chi connectivity index (χ4n) is 3.19. The molecule has 1 aliphatic heterocycles. The van der Waals surface area contributed by atoms with Gasteiger partial charge in [-0.15, -0.1) is 0 Å². The number of ketones is 1. The number of amides is 1. The molecule has 0 bridgehead atoms. The Morgan fingerprint density at radius 2 is 1.95 bits per heavy atom. The van der Waals surface area contributed by atoms with Gasteiger partial charge in [-0.1, -0.05) is 12.1 Å². The smallest absolute Gasteiger partial charge is 0.263 e. The first-order valence-electron chi connectivity index (χ1n) is 7.77. The van der Waals surface area contributed by atoms with Crippen molar-refractivity contribution < 1.29 is 14.3 Å². The Balaban J connectivity index is 1.77. The summed E-state index contributed by atoms with van der Waals surface area (Å²) in [6.07, 6.45) is 3.98. The number of Topliss-reactive ketones (excluding diaryl/α,β-unsaturated/α-hetero) is 1. The van der Waals surface area contributed by atoms with Crippen LogP contribution in [-0.4, -0.2) is 35.8 Å². The van der Waals surface area contributed by atoms with Gasteiger partial charge in [-0.25, -0.2) is 0 Å². The van der Waals surface area contributed by atoms with Crippen LogP contribution in [0.3, 0.4) is 0 Å². The summed E-state index contributed by atoms with van der Waals surface area (Å²) in [4.78, 5) is 26.1. The monoisotopic (exact) mass is 287 g/mol. The summed E-state index contributed by atoms with van der Waals surface area (Å²) in [5.74, 6) is 0.924. The quantitative estimate of drug-likeness (QED) is 0.858. The van der Waals surface area contributed by atoms with Gasteiger partial charge in [-0.2, -0.15) is 0 Å². The molecule has 1 fully saturated rings. The maximum atomic E-state index is 12.3. The highest BCUT2D eigenvalue weighted by Crippen LogP contribution is 2.30. The van der Waals surface area contributed by atoms with Gasteiger partial charge >= 0.3 is 0 Å². The number of likely N-dealkylation sites (tertiary alicyclic amines) is 1. The molecule has 1 atom stereocenters. The summed E-state index contributed by atoms with van der Waals surface area (Å²) in [6.45, 7) is 3.46. The average molecular weight is 287 g/mol. The SMILES string of the molecule is CC(Oc1cccc2c1CCCC2=O)C(=O)N1CCCC1. The van der Waals surface area contributed by atoms with Crippen LogP contribution in [0.15, 0.2) is 18.2 Å². The molecule has 1 aromatic carbocycles. The van der Waals surface area contributed by atoms with Gasteiger partial charge in [0.15, 0.2) is 11.9 Å². The second-order valence-corrected chi connectivity index (χ2v) is 5.85. The van der Waals surface area contributed by atoms with E-state index in [9.17, 15) is 9.59 Å². The van der Waals surface area contributed by atoms with Crippen molar-refractivity contribution in [3.8, 4) is 5.75 Å². The molecule has 112 valence electrons. The van der Waals surface area contributed by atoms with Crippen LogP contribution in [0.2, 0.25) is 0 Å². The van der Waals surface area contributed by atoms with E-state index in [1.807, 2.05) is 23.1 Å². The normalized spacial score (nSPS) is 19.3. The lowest BCUT2D eigenvalue weighted by Crippen LogP contribution is -2.38. The minimum absolute atomic E-state index is 0.0484. The second kappa shape index (κ2) is 5.88. The Morgan fingerprint density at radius 1 is 1.19 bits per heavy atom. The van der Waals surface area contributed by atoms with Crippen LogP contribution in [0.25, 0.3) is 0 Å². The van der Waals surface area contributed by atoms with E-state index in [0.717, 1.165) is 49.9 Å². The van der Waals surface area contributed by atoms with E-state index in [1.165, 1.54) is 0 Å². The number of ether oxygens (including phenoxy) is 1. The lowest BCUT2D eigenvalue weighted by molar-refractivity contribution is -0.136. The first-order valence-corrected chi connectivity index (χ1v) is 7.77. The summed E-state index contributed by atoms with van der Waals surface area (Å²) >= 11 is 0. The average Bonchev–Trinajstić information content (AvgIpc) is 3.02. The van der Waals surface area contributed by atoms with E-state index < -0.39 is 6.10 Å². The number of rotatable bonds is 3. The molecule has 4 nitrogen and oxygen atoms in total. The third-order valence-corrected chi connectivity index (χ3v) is 4.33. The van der Waals surface area contributed by atoms with Crippen LogP contribution in [0.1, 0.15) is 48.5 Å². The molecule has 1 unspecified atom stereocenters. The molecule has 1 saturated heterocycles. The first kappa shape index (κ1) is 14.1. The Bertz CT molecular complexity index is 561. The highest BCUT2D eigenvalue weighted by molar-refractivity contribution is 5.99. The molecular formula is C17H21NO3. The lowest BCUT2D eigenvalue weighted by Gasteiger charge is -2.24. The zero-order valence-corrected chi connectivity index (χ0v) is 12.4. The molecule has 1 amide bonds. The van der Waals surface area contributed by atoms with Gasteiger partial charge in [0.05, 0.1) is 0 Å². The lowest BCUT2D eigenvalue weighted by atomic mass is 9.90. The Kier molecular flexibility index (Phi) is 3.95. The van der Waals surface area contributed by atoms with Gasteiger partial charge in [0.2, 0.25) is 0 Å². The molecule has 1 aromatic rings. The molecule has 3 rings (SSSR count). The number of benzene rings is 1. The molecule has 1 aliphatic carbocycles. The molecule has 2 aliphatic rings. The fraction of sp³-hybridized carbons (Fsp3) is 0.529. The highest BCUT2D eigenvalue weighted by atomic mass is 16.5. The summed E-state index contributed by atoms with van der Waals surface area (Å²) < 4.78 is 5.89. The standard InChI is InChI=1S/C17H21NO3/c1-12(17(20)18-10-2-3-11-18)21-16-9-5-6-13-14(16)7-4-8-15(13)19/h5-6,9,12H,2-4,7-8,10-11H2,1H3. The molecule has 0 saturated carbocycles. The second-order valence-electron chi connectivity index (χ2n) is 5.85. The summed E-state index contributed by atoms with van der Waals surface area (Å²) in [7, 11) is 0. The van der Waals surface area contributed by atoms with Crippen molar-refractivity contribution >= 4 is 11.7 Å². The predicted molar refractivity (Wildman–Crippen MR) is 79.6 cm³/mol. The largest absolute Gasteiger partial charge is 0.481 e. The van der Waals surface area contributed by atoms with E-state index >= 15 is 0 Å². The van der Waals surface area contributed by atoms with Crippen molar-refractivity contribution in [3.63, 3.8) is 0 Å².